The van der Waals surface area contributed by atoms with Crippen LogP contribution < -0.4 is 10.4 Å². The van der Waals surface area contributed by atoms with Gasteiger partial charge in [0.2, 0.25) is 5.91 Å². The van der Waals surface area contributed by atoms with Crippen molar-refractivity contribution in [1.82, 2.24) is 10.3 Å². The van der Waals surface area contributed by atoms with Gasteiger partial charge in [-0.1, -0.05) is 6.07 Å². The molecule has 2 aliphatic rings. The highest BCUT2D eigenvalue weighted by atomic mass is 19.1. The third-order valence-corrected chi connectivity index (χ3v) is 5.35. The summed E-state index contributed by atoms with van der Waals surface area (Å²) in [4.78, 5) is 28.3. The number of fused-ring (bicyclic) bond motifs is 1. The van der Waals surface area contributed by atoms with Gasteiger partial charge in [-0.25, -0.2) is 4.39 Å². The maximum Gasteiger partial charge on any atom is 0.282 e. The topological polar surface area (TPSA) is 82.5 Å². The molecule has 1 atom stereocenters. The molecule has 26 heavy (non-hydrogen) atoms. The Morgan fingerprint density at radius 3 is 2.81 bits per heavy atom. The van der Waals surface area contributed by atoms with Crippen LogP contribution in [0.5, 0.6) is 0 Å². The lowest BCUT2D eigenvalue weighted by atomic mass is 9.70. The zero-order valence-corrected chi connectivity index (χ0v) is 14.0. The number of benzene rings is 1. The maximum atomic E-state index is 13.3. The number of hydrogen-bond acceptors (Lipinski definition) is 4. The molecule has 4 rings (SSSR count). The monoisotopic (exact) mass is 355 g/mol. The summed E-state index contributed by atoms with van der Waals surface area (Å²) in [5, 5.41) is 13.4. The van der Waals surface area contributed by atoms with Gasteiger partial charge in [0, 0.05) is 18.2 Å². The Morgan fingerprint density at radius 2 is 2.08 bits per heavy atom. The van der Waals surface area contributed by atoms with E-state index in [2.05, 4.69) is 10.3 Å². The number of hydrogen-bond donors (Lipinski definition) is 2. The van der Waals surface area contributed by atoms with Gasteiger partial charge in [-0.05, 0) is 48.9 Å². The Hall–Kier alpha value is -2.80. The van der Waals surface area contributed by atoms with Crippen molar-refractivity contribution in [1.29, 1.82) is 0 Å². The summed E-state index contributed by atoms with van der Waals surface area (Å²) in [7, 11) is 0. The summed E-state index contributed by atoms with van der Waals surface area (Å²) in [6.45, 7) is 0.714. The zero-order chi connectivity index (χ0) is 18.3. The first-order valence-corrected chi connectivity index (χ1v) is 8.52. The van der Waals surface area contributed by atoms with E-state index in [1.165, 1.54) is 6.20 Å². The predicted octanol–water partition coefficient (Wildman–Crippen LogP) is 2.25. The number of amides is 2. The number of hydroxylamine groups is 1. The number of rotatable bonds is 2. The molecule has 6 nitrogen and oxygen atoms in total. The third kappa shape index (κ3) is 2.74. The summed E-state index contributed by atoms with van der Waals surface area (Å²) < 4.78 is 13.3. The molecule has 1 aromatic heterocycles. The molecule has 1 aliphatic heterocycles. The number of halogens is 1. The van der Waals surface area contributed by atoms with E-state index in [1.54, 1.807) is 12.1 Å². The first-order chi connectivity index (χ1) is 12.5. The first-order valence-electron chi connectivity index (χ1n) is 8.52. The summed E-state index contributed by atoms with van der Waals surface area (Å²) in [5.74, 6) is -1.18. The van der Waals surface area contributed by atoms with Crippen molar-refractivity contribution in [3.63, 3.8) is 0 Å². The molecule has 1 aromatic carbocycles. The molecule has 0 unspecified atom stereocenters. The normalized spacial score (nSPS) is 21.4. The minimum Gasteiger partial charge on any atom is -0.356 e. The van der Waals surface area contributed by atoms with Crippen LogP contribution in [0.4, 0.5) is 10.1 Å². The van der Waals surface area contributed by atoms with Crippen molar-refractivity contribution in [2.75, 3.05) is 11.6 Å². The fraction of sp³-hybridized carbons (Fsp3) is 0.316. The second-order valence-electron chi connectivity index (χ2n) is 6.92. The van der Waals surface area contributed by atoms with E-state index in [0.717, 1.165) is 36.2 Å². The number of carbonyl (C=O) groups excluding carboxylic acids is 2. The van der Waals surface area contributed by atoms with Gasteiger partial charge in [0.1, 0.15) is 5.82 Å². The highest BCUT2D eigenvalue weighted by molar-refractivity contribution is 6.04. The SMILES string of the molecule is O=C(c1ccc2c(c1)CC[C@]1(CCNC1=O)C2)N(O)c1cncc(F)c1. The standard InChI is InChI=1S/C19H18FN3O3/c20-15-8-16(11-21-10-15)23(26)17(24)13-1-2-14-9-19(4-3-12(14)7-13)5-6-22-18(19)25/h1-2,7-8,10-11,26H,3-6,9H2,(H,22,25)/t19-/m0/s1. The zero-order valence-electron chi connectivity index (χ0n) is 14.0. The van der Waals surface area contributed by atoms with Crippen molar-refractivity contribution < 1.29 is 19.2 Å². The van der Waals surface area contributed by atoms with Crippen LogP contribution >= 0.6 is 0 Å². The van der Waals surface area contributed by atoms with Crippen LogP contribution in [0.3, 0.4) is 0 Å². The van der Waals surface area contributed by atoms with Gasteiger partial charge < -0.3 is 5.32 Å². The molecular weight excluding hydrogens is 337 g/mol. The molecule has 1 spiro atoms. The highest BCUT2D eigenvalue weighted by Gasteiger charge is 2.44. The summed E-state index contributed by atoms with van der Waals surface area (Å²) in [6.07, 6.45) is 5.16. The Kier molecular flexibility index (Phi) is 3.96. The lowest BCUT2D eigenvalue weighted by Crippen LogP contribution is -2.36. The van der Waals surface area contributed by atoms with Crippen LogP contribution in [-0.4, -0.2) is 28.6 Å². The second-order valence-corrected chi connectivity index (χ2v) is 6.92. The van der Waals surface area contributed by atoms with Gasteiger partial charge in [0.15, 0.2) is 0 Å². The van der Waals surface area contributed by atoms with E-state index >= 15 is 0 Å². The van der Waals surface area contributed by atoms with Gasteiger partial charge in [-0.2, -0.15) is 5.06 Å². The Bertz CT molecular complexity index is 901. The molecule has 1 aliphatic carbocycles. The fourth-order valence-electron chi connectivity index (χ4n) is 3.87. The molecule has 2 amide bonds. The van der Waals surface area contributed by atoms with Crippen LogP contribution in [0.25, 0.3) is 0 Å². The molecule has 0 saturated carbocycles. The number of anilines is 1. The minimum atomic E-state index is -0.654. The number of carbonyl (C=O) groups is 2. The number of pyridine rings is 1. The van der Waals surface area contributed by atoms with Gasteiger partial charge in [0.25, 0.3) is 5.91 Å². The third-order valence-electron chi connectivity index (χ3n) is 5.35. The highest BCUT2D eigenvalue weighted by Crippen LogP contribution is 2.41. The van der Waals surface area contributed by atoms with Crippen LogP contribution in [-0.2, 0) is 17.6 Å². The van der Waals surface area contributed by atoms with E-state index in [9.17, 15) is 19.2 Å². The first kappa shape index (κ1) is 16.7. The molecule has 2 N–H and O–H groups in total. The molecular formula is C19H18FN3O3. The molecule has 134 valence electrons. The van der Waals surface area contributed by atoms with Gasteiger partial charge in [-0.3, -0.25) is 19.8 Å². The van der Waals surface area contributed by atoms with E-state index in [4.69, 9.17) is 0 Å². The number of nitrogens with zero attached hydrogens (tertiary/aromatic N) is 2. The summed E-state index contributed by atoms with van der Waals surface area (Å²) >= 11 is 0. The van der Waals surface area contributed by atoms with E-state index in [-0.39, 0.29) is 17.0 Å². The summed E-state index contributed by atoms with van der Waals surface area (Å²) in [5.41, 5.74) is 2.01. The minimum absolute atomic E-state index is 0.0331. The van der Waals surface area contributed by atoms with Crippen molar-refractivity contribution in [2.45, 2.75) is 25.7 Å². The van der Waals surface area contributed by atoms with Crippen molar-refractivity contribution >= 4 is 17.5 Å². The Morgan fingerprint density at radius 1 is 1.23 bits per heavy atom. The van der Waals surface area contributed by atoms with Crippen LogP contribution in [0.15, 0.2) is 36.7 Å². The Balaban J connectivity index is 1.58. The predicted molar refractivity (Wildman–Crippen MR) is 91.3 cm³/mol. The maximum absolute atomic E-state index is 13.3. The van der Waals surface area contributed by atoms with Gasteiger partial charge in [-0.15, -0.1) is 0 Å². The largest absolute Gasteiger partial charge is 0.356 e. The molecule has 1 saturated heterocycles. The van der Waals surface area contributed by atoms with Crippen LogP contribution in [0.1, 0.15) is 34.3 Å². The Labute approximate surface area is 149 Å². The van der Waals surface area contributed by atoms with Gasteiger partial charge >= 0.3 is 0 Å². The van der Waals surface area contributed by atoms with Gasteiger partial charge in [0.05, 0.1) is 23.5 Å². The number of aromatic nitrogens is 1. The second kappa shape index (κ2) is 6.17. The average Bonchev–Trinajstić information content (AvgIpc) is 3.00. The number of aryl methyl sites for hydroxylation is 1. The number of nitrogens with one attached hydrogen (secondary N) is 1. The molecule has 2 heterocycles. The molecule has 1 fully saturated rings. The van der Waals surface area contributed by atoms with E-state index in [1.807, 2.05) is 6.07 Å². The van der Waals surface area contributed by atoms with E-state index in [0.29, 0.717) is 30.0 Å². The lowest BCUT2D eigenvalue weighted by Gasteiger charge is -2.32. The smallest absolute Gasteiger partial charge is 0.282 e. The molecule has 0 radical (unpaired) electrons. The van der Waals surface area contributed by atoms with Crippen LogP contribution in [0.2, 0.25) is 0 Å². The van der Waals surface area contributed by atoms with Crippen molar-refractivity contribution in [3.05, 3.63) is 59.2 Å². The van der Waals surface area contributed by atoms with E-state index < -0.39 is 11.7 Å². The molecule has 7 heteroatoms. The quantitative estimate of drug-likeness (QED) is 0.639. The summed E-state index contributed by atoms with van der Waals surface area (Å²) in [6, 6.07) is 6.24. The average molecular weight is 355 g/mol. The van der Waals surface area contributed by atoms with Crippen LogP contribution in [0, 0.1) is 11.2 Å². The molecule has 2 aromatic rings. The lowest BCUT2D eigenvalue weighted by molar-refractivity contribution is -0.128. The van der Waals surface area contributed by atoms with Crippen molar-refractivity contribution in [2.24, 2.45) is 5.41 Å². The molecule has 0 bridgehead atoms. The fourth-order valence-corrected chi connectivity index (χ4v) is 3.87. The van der Waals surface area contributed by atoms with Crippen molar-refractivity contribution in [3.8, 4) is 0 Å².